The van der Waals surface area contributed by atoms with Crippen molar-refractivity contribution >= 4 is 22.6 Å². The van der Waals surface area contributed by atoms with E-state index < -0.39 is 11.0 Å². The molecule has 0 aliphatic carbocycles. The van der Waals surface area contributed by atoms with Crippen molar-refractivity contribution in [2.75, 3.05) is 33.3 Å². The molecule has 1 atom stereocenters. The number of nitrogens with zero attached hydrogens (tertiary/aromatic N) is 3. The highest BCUT2D eigenvalue weighted by atomic mass is 16.6. The van der Waals surface area contributed by atoms with Crippen LogP contribution in [0.5, 0.6) is 5.75 Å². The van der Waals surface area contributed by atoms with E-state index in [1.165, 1.54) is 19.2 Å². The molecule has 4 rings (SSSR count). The molecular weight excluding hydrogens is 426 g/mol. The van der Waals surface area contributed by atoms with Crippen LogP contribution in [0.15, 0.2) is 51.7 Å². The maximum atomic E-state index is 13.5. The standard InChI is InChI=1S/C24H25N3O6/c1-4-25(5-2)12-13-26-21(15-6-8-16(9-7-15)27(30)31)20-22(28)18-11-10-17(32-3)14-19(18)33-23(20)24(26)29/h6-11,14,21H,4-5,12-13H2,1-3H3. The summed E-state index contributed by atoms with van der Waals surface area (Å²) in [7, 11) is 1.51. The Labute approximate surface area is 190 Å². The third-order valence-electron chi connectivity index (χ3n) is 6.15. The molecular formula is C24H25N3O6. The molecule has 0 saturated carbocycles. The number of nitro benzene ring substituents is 1. The molecule has 1 unspecified atom stereocenters. The van der Waals surface area contributed by atoms with E-state index in [-0.39, 0.29) is 33.9 Å². The van der Waals surface area contributed by atoms with E-state index in [1.807, 2.05) is 13.8 Å². The molecule has 9 heteroatoms. The summed E-state index contributed by atoms with van der Waals surface area (Å²) in [5, 5.41) is 11.5. The van der Waals surface area contributed by atoms with E-state index in [1.54, 1.807) is 35.2 Å². The zero-order valence-corrected chi connectivity index (χ0v) is 18.7. The smallest absolute Gasteiger partial charge is 0.290 e. The predicted molar refractivity (Wildman–Crippen MR) is 123 cm³/mol. The maximum absolute atomic E-state index is 13.5. The Morgan fingerprint density at radius 2 is 1.82 bits per heavy atom. The summed E-state index contributed by atoms with van der Waals surface area (Å²) in [6.07, 6.45) is 0. The first-order valence-corrected chi connectivity index (χ1v) is 10.8. The van der Waals surface area contributed by atoms with Crippen molar-refractivity contribution in [3.05, 3.63) is 79.7 Å². The van der Waals surface area contributed by atoms with Crippen LogP contribution in [-0.4, -0.2) is 53.9 Å². The van der Waals surface area contributed by atoms with Gasteiger partial charge in [0.2, 0.25) is 5.76 Å². The molecule has 3 aromatic rings. The summed E-state index contributed by atoms with van der Waals surface area (Å²) in [4.78, 5) is 41.4. The van der Waals surface area contributed by atoms with Gasteiger partial charge in [0, 0.05) is 31.3 Å². The van der Waals surface area contributed by atoms with Crippen LogP contribution >= 0.6 is 0 Å². The minimum absolute atomic E-state index is 0.00338. The third-order valence-corrected chi connectivity index (χ3v) is 6.15. The monoisotopic (exact) mass is 451 g/mol. The fourth-order valence-corrected chi connectivity index (χ4v) is 4.27. The molecule has 2 heterocycles. The van der Waals surface area contributed by atoms with Gasteiger partial charge in [-0.2, -0.15) is 0 Å². The highest BCUT2D eigenvalue weighted by molar-refractivity contribution is 5.99. The number of hydrogen-bond acceptors (Lipinski definition) is 7. The number of fused-ring (bicyclic) bond motifs is 2. The summed E-state index contributed by atoms with van der Waals surface area (Å²) < 4.78 is 11.2. The number of carbonyl (C=O) groups excluding carboxylic acids is 1. The van der Waals surface area contributed by atoms with Crippen LogP contribution < -0.4 is 10.2 Å². The van der Waals surface area contributed by atoms with Gasteiger partial charge in [-0.3, -0.25) is 19.7 Å². The summed E-state index contributed by atoms with van der Waals surface area (Å²) in [6.45, 7) is 6.75. The van der Waals surface area contributed by atoms with Gasteiger partial charge in [0.1, 0.15) is 11.3 Å². The average Bonchev–Trinajstić information content (AvgIpc) is 3.11. The van der Waals surface area contributed by atoms with Crippen LogP contribution in [0.4, 0.5) is 5.69 Å². The SMILES string of the molecule is CCN(CC)CCN1C(=O)c2oc3cc(OC)ccc3c(=O)c2C1c1ccc([N+](=O)[O-])cc1. The van der Waals surface area contributed by atoms with Gasteiger partial charge in [-0.1, -0.05) is 13.8 Å². The number of non-ortho nitro benzene ring substituents is 1. The lowest BCUT2D eigenvalue weighted by molar-refractivity contribution is -0.384. The van der Waals surface area contributed by atoms with E-state index in [9.17, 15) is 19.7 Å². The van der Waals surface area contributed by atoms with Gasteiger partial charge in [0.15, 0.2) is 5.43 Å². The fraction of sp³-hybridized carbons (Fsp3) is 0.333. The molecule has 33 heavy (non-hydrogen) atoms. The van der Waals surface area contributed by atoms with Crippen molar-refractivity contribution in [3.63, 3.8) is 0 Å². The Hall–Kier alpha value is -3.72. The van der Waals surface area contributed by atoms with Crippen molar-refractivity contribution in [1.29, 1.82) is 0 Å². The van der Waals surface area contributed by atoms with E-state index in [0.717, 1.165) is 13.1 Å². The summed E-state index contributed by atoms with van der Waals surface area (Å²) >= 11 is 0. The van der Waals surface area contributed by atoms with E-state index in [2.05, 4.69) is 4.90 Å². The third kappa shape index (κ3) is 3.95. The summed E-state index contributed by atoms with van der Waals surface area (Å²) in [5.41, 5.74) is 0.796. The lowest BCUT2D eigenvalue weighted by Gasteiger charge is -2.28. The lowest BCUT2D eigenvalue weighted by atomic mass is 9.98. The van der Waals surface area contributed by atoms with Gasteiger partial charge >= 0.3 is 0 Å². The Bertz CT molecular complexity index is 1260. The van der Waals surface area contributed by atoms with Crippen LogP contribution in [0.1, 0.15) is 41.6 Å². The number of amides is 1. The lowest BCUT2D eigenvalue weighted by Crippen LogP contribution is -2.37. The molecule has 0 fully saturated rings. The van der Waals surface area contributed by atoms with E-state index in [4.69, 9.17) is 9.15 Å². The maximum Gasteiger partial charge on any atom is 0.290 e. The molecule has 1 aliphatic heterocycles. The van der Waals surface area contributed by atoms with Crippen molar-refractivity contribution < 1.29 is 18.9 Å². The minimum atomic E-state index is -0.688. The molecule has 0 N–H and O–H groups in total. The number of ether oxygens (including phenoxy) is 1. The average molecular weight is 451 g/mol. The van der Waals surface area contributed by atoms with Crippen molar-refractivity contribution in [2.45, 2.75) is 19.9 Å². The largest absolute Gasteiger partial charge is 0.497 e. The predicted octanol–water partition coefficient (Wildman–Crippen LogP) is 3.60. The molecule has 1 aromatic heterocycles. The summed E-state index contributed by atoms with van der Waals surface area (Å²) in [6, 6.07) is 10.1. The van der Waals surface area contributed by atoms with Gasteiger partial charge in [-0.25, -0.2) is 0 Å². The molecule has 0 bridgehead atoms. The number of carbonyl (C=O) groups is 1. The first-order valence-electron chi connectivity index (χ1n) is 10.8. The normalized spacial score (nSPS) is 15.3. The van der Waals surface area contributed by atoms with Crippen molar-refractivity contribution in [2.24, 2.45) is 0 Å². The topological polar surface area (TPSA) is 106 Å². The molecule has 2 aromatic carbocycles. The quantitative estimate of drug-likeness (QED) is 0.380. The van der Waals surface area contributed by atoms with Crippen LogP contribution in [0.25, 0.3) is 11.0 Å². The number of benzene rings is 2. The van der Waals surface area contributed by atoms with Crippen molar-refractivity contribution in [1.82, 2.24) is 9.80 Å². The second kappa shape index (κ2) is 9.03. The second-order valence-corrected chi connectivity index (χ2v) is 7.81. The molecule has 1 amide bonds. The Morgan fingerprint density at radius 1 is 1.12 bits per heavy atom. The van der Waals surface area contributed by atoms with Gasteiger partial charge < -0.3 is 19.0 Å². The fourth-order valence-electron chi connectivity index (χ4n) is 4.27. The van der Waals surface area contributed by atoms with Crippen LogP contribution in [0, 0.1) is 10.1 Å². The van der Waals surface area contributed by atoms with Crippen LogP contribution in [0.2, 0.25) is 0 Å². The Balaban J connectivity index is 1.86. The highest BCUT2D eigenvalue weighted by Crippen LogP contribution is 2.38. The first kappa shape index (κ1) is 22.5. The molecule has 1 aliphatic rings. The van der Waals surface area contributed by atoms with Gasteiger partial charge in [0.25, 0.3) is 11.6 Å². The number of hydrogen-bond donors (Lipinski definition) is 0. The summed E-state index contributed by atoms with van der Waals surface area (Å²) in [5.74, 6) is 0.146. The molecule has 172 valence electrons. The number of rotatable bonds is 8. The zero-order chi connectivity index (χ0) is 23.7. The molecule has 0 spiro atoms. The van der Waals surface area contributed by atoms with E-state index in [0.29, 0.717) is 29.8 Å². The van der Waals surface area contributed by atoms with Crippen LogP contribution in [0.3, 0.4) is 0 Å². The number of likely N-dealkylation sites (N-methyl/N-ethyl adjacent to an activating group) is 1. The minimum Gasteiger partial charge on any atom is -0.497 e. The Morgan fingerprint density at radius 3 is 2.42 bits per heavy atom. The first-order chi connectivity index (χ1) is 15.9. The van der Waals surface area contributed by atoms with Gasteiger partial charge in [0.05, 0.1) is 29.0 Å². The highest BCUT2D eigenvalue weighted by Gasteiger charge is 2.42. The second-order valence-electron chi connectivity index (χ2n) is 7.81. The Kier molecular flexibility index (Phi) is 6.15. The molecule has 0 saturated heterocycles. The molecule has 0 radical (unpaired) electrons. The van der Waals surface area contributed by atoms with Gasteiger partial charge in [-0.15, -0.1) is 0 Å². The van der Waals surface area contributed by atoms with Gasteiger partial charge in [-0.05, 0) is 42.9 Å². The molecule has 9 nitrogen and oxygen atoms in total. The van der Waals surface area contributed by atoms with Crippen molar-refractivity contribution in [3.8, 4) is 5.75 Å². The number of methoxy groups -OCH3 is 1. The number of nitro groups is 1. The van der Waals surface area contributed by atoms with E-state index >= 15 is 0 Å². The zero-order valence-electron chi connectivity index (χ0n) is 18.7. The van der Waals surface area contributed by atoms with Crippen LogP contribution in [-0.2, 0) is 0 Å².